The lowest BCUT2D eigenvalue weighted by Gasteiger charge is -2.24. The first-order valence-corrected chi connectivity index (χ1v) is 4.88. The molecule has 0 saturated heterocycles. The van der Waals surface area contributed by atoms with E-state index in [9.17, 15) is 5.26 Å². The van der Waals surface area contributed by atoms with Crippen LogP contribution in [0.15, 0.2) is 54.3 Å². The SMILES string of the molecule is N#CC1(c2ccccc2)C=CC(N)=CC1. The third-order valence-electron chi connectivity index (χ3n) is 2.71. The van der Waals surface area contributed by atoms with Crippen LogP contribution in [0.2, 0.25) is 0 Å². The smallest absolute Gasteiger partial charge is 0.104 e. The Bertz CT molecular complexity index is 451. The van der Waals surface area contributed by atoms with Crippen LogP contribution in [-0.2, 0) is 5.41 Å². The van der Waals surface area contributed by atoms with Gasteiger partial charge in [-0.15, -0.1) is 0 Å². The van der Waals surface area contributed by atoms with Crippen molar-refractivity contribution < 1.29 is 0 Å². The summed E-state index contributed by atoms with van der Waals surface area (Å²) in [4.78, 5) is 0. The van der Waals surface area contributed by atoms with E-state index in [1.54, 1.807) is 6.08 Å². The van der Waals surface area contributed by atoms with Gasteiger partial charge in [0.1, 0.15) is 5.41 Å². The maximum Gasteiger partial charge on any atom is 0.104 e. The van der Waals surface area contributed by atoms with Crippen molar-refractivity contribution in [1.29, 1.82) is 5.26 Å². The Hall–Kier alpha value is -2.01. The molecular weight excluding hydrogens is 184 g/mol. The molecule has 1 aliphatic rings. The molecule has 0 spiro atoms. The summed E-state index contributed by atoms with van der Waals surface area (Å²) in [7, 11) is 0. The topological polar surface area (TPSA) is 49.8 Å². The summed E-state index contributed by atoms with van der Waals surface area (Å²) in [6.07, 6.45) is 6.24. The Morgan fingerprint density at radius 3 is 2.53 bits per heavy atom. The molecule has 2 rings (SSSR count). The van der Waals surface area contributed by atoms with Crippen molar-refractivity contribution in [3.63, 3.8) is 0 Å². The van der Waals surface area contributed by atoms with Crippen LogP contribution in [0.5, 0.6) is 0 Å². The summed E-state index contributed by atoms with van der Waals surface area (Å²) >= 11 is 0. The molecule has 0 heterocycles. The van der Waals surface area contributed by atoms with E-state index in [-0.39, 0.29) is 0 Å². The number of nitrogens with two attached hydrogens (primary N) is 1. The van der Waals surface area contributed by atoms with Gasteiger partial charge in [0.15, 0.2) is 0 Å². The molecule has 74 valence electrons. The number of benzene rings is 1. The van der Waals surface area contributed by atoms with E-state index in [0.29, 0.717) is 6.42 Å². The van der Waals surface area contributed by atoms with Crippen molar-refractivity contribution in [3.05, 3.63) is 59.8 Å². The second kappa shape index (κ2) is 3.62. The molecule has 2 heteroatoms. The highest BCUT2D eigenvalue weighted by molar-refractivity contribution is 5.43. The molecule has 1 unspecified atom stereocenters. The molecule has 1 aliphatic carbocycles. The Morgan fingerprint density at radius 1 is 1.27 bits per heavy atom. The normalized spacial score (nSPS) is 24.3. The molecular formula is C13H12N2. The number of hydrogen-bond acceptors (Lipinski definition) is 2. The van der Waals surface area contributed by atoms with Crippen LogP contribution in [0.3, 0.4) is 0 Å². The molecule has 1 aromatic rings. The average molecular weight is 196 g/mol. The van der Waals surface area contributed by atoms with Crippen LogP contribution in [0.25, 0.3) is 0 Å². The van der Waals surface area contributed by atoms with Crippen molar-refractivity contribution in [3.8, 4) is 6.07 Å². The van der Waals surface area contributed by atoms with Crippen molar-refractivity contribution >= 4 is 0 Å². The number of nitrogens with zero attached hydrogens (tertiary/aromatic N) is 1. The van der Waals surface area contributed by atoms with Crippen LogP contribution in [0, 0.1) is 11.3 Å². The van der Waals surface area contributed by atoms with Crippen LogP contribution < -0.4 is 5.73 Å². The average Bonchev–Trinajstić information content (AvgIpc) is 2.32. The van der Waals surface area contributed by atoms with E-state index in [1.807, 2.05) is 42.5 Å². The summed E-state index contributed by atoms with van der Waals surface area (Å²) in [6, 6.07) is 12.2. The maximum atomic E-state index is 9.31. The number of nitriles is 1. The quantitative estimate of drug-likeness (QED) is 0.748. The van der Waals surface area contributed by atoms with Crippen molar-refractivity contribution in [2.24, 2.45) is 5.73 Å². The third kappa shape index (κ3) is 1.64. The molecule has 1 atom stereocenters. The van der Waals surface area contributed by atoms with E-state index in [1.165, 1.54) is 0 Å². The Kier molecular flexibility index (Phi) is 2.31. The van der Waals surface area contributed by atoms with Gasteiger partial charge in [-0.3, -0.25) is 0 Å². The monoisotopic (exact) mass is 196 g/mol. The summed E-state index contributed by atoms with van der Waals surface area (Å²) < 4.78 is 0. The lowest BCUT2D eigenvalue weighted by molar-refractivity contribution is 0.685. The van der Waals surface area contributed by atoms with Gasteiger partial charge in [-0.05, 0) is 18.1 Å². The lowest BCUT2D eigenvalue weighted by atomic mass is 9.76. The molecule has 2 nitrogen and oxygen atoms in total. The molecule has 0 amide bonds. The van der Waals surface area contributed by atoms with Gasteiger partial charge in [0.2, 0.25) is 0 Å². The fourth-order valence-electron chi connectivity index (χ4n) is 1.75. The molecule has 0 radical (unpaired) electrons. The van der Waals surface area contributed by atoms with Gasteiger partial charge >= 0.3 is 0 Å². The van der Waals surface area contributed by atoms with E-state index in [2.05, 4.69) is 6.07 Å². The number of rotatable bonds is 1. The standard InChI is InChI=1S/C13H12N2/c14-10-13(8-6-12(15)7-9-13)11-4-2-1-3-5-11/h1-8H,9,15H2. The second-order valence-corrected chi connectivity index (χ2v) is 3.69. The maximum absolute atomic E-state index is 9.31. The molecule has 0 aliphatic heterocycles. The van der Waals surface area contributed by atoms with Gasteiger partial charge in [-0.2, -0.15) is 5.26 Å². The van der Waals surface area contributed by atoms with Crippen molar-refractivity contribution in [2.45, 2.75) is 11.8 Å². The summed E-state index contributed by atoms with van der Waals surface area (Å²) in [6.45, 7) is 0. The number of allylic oxidation sites excluding steroid dienone is 3. The first-order chi connectivity index (χ1) is 7.27. The first-order valence-electron chi connectivity index (χ1n) is 4.88. The Morgan fingerprint density at radius 2 is 2.00 bits per heavy atom. The summed E-state index contributed by atoms with van der Waals surface area (Å²) in [5.74, 6) is 0. The molecule has 0 aromatic heterocycles. The van der Waals surface area contributed by atoms with E-state index in [0.717, 1.165) is 11.3 Å². The largest absolute Gasteiger partial charge is 0.399 e. The van der Waals surface area contributed by atoms with Crippen LogP contribution in [0.1, 0.15) is 12.0 Å². The highest BCUT2D eigenvalue weighted by Crippen LogP contribution is 2.32. The van der Waals surface area contributed by atoms with Gasteiger partial charge in [0.25, 0.3) is 0 Å². The zero-order chi connectivity index (χ0) is 10.7. The minimum absolute atomic E-state index is 0.538. The van der Waals surface area contributed by atoms with Crippen molar-refractivity contribution in [2.75, 3.05) is 0 Å². The molecule has 0 saturated carbocycles. The highest BCUT2D eigenvalue weighted by atomic mass is 14.6. The van der Waals surface area contributed by atoms with E-state index in [4.69, 9.17) is 5.73 Å². The highest BCUT2D eigenvalue weighted by Gasteiger charge is 2.29. The molecule has 1 aromatic carbocycles. The Balaban J connectivity index is 2.43. The molecule has 0 bridgehead atoms. The fraction of sp³-hybridized carbons (Fsp3) is 0.154. The van der Waals surface area contributed by atoms with E-state index >= 15 is 0 Å². The predicted molar refractivity (Wildman–Crippen MR) is 59.8 cm³/mol. The Labute approximate surface area is 89.3 Å². The second-order valence-electron chi connectivity index (χ2n) is 3.69. The van der Waals surface area contributed by atoms with Gasteiger partial charge < -0.3 is 5.73 Å². The molecule has 2 N–H and O–H groups in total. The zero-order valence-corrected chi connectivity index (χ0v) is 8.35. The van der Waals surface area contributed by atoms with Gasteiger partial charge in [0, 0.05) is 5.70 Å². The third-order valence-corrected chi connectivity index (χ3v) is 2.71. The van der Waals surface area contributed by atoms with Crippen LogP contribution in [-0.4, -0.2) is 0 Å². The zero-order valence-electron chi connectivity index (χ0n) is 8.35. The minimum Gasteiger partial charge on any atom is -0.399 e. The van der Waals surface area contributed by atoms with Crippen LogP contribution >= 0.6 is 0 Å². The van der Waals surface area contributed by atoms with Crippen molar-refractivity contribution in [1.82, 2.24) is 0 Å². The summed E-state index contributed by atoms with van der Waals surface area (Å²) in [5, 5.41) is 9.31. The van der Waals surface area contributed by atoms with Gasteiger partial charge in [-0.25, -0.2) is 0 Å². The molecule has 15 heavy (non-hydrogen) atoms. The van der Waals surface area contributed by atoms with Crippen LogP contribution in [0.4, 0.5) is 0 Å². The lowest BCUT2D eigenvalue weighted by Crippen LogP contribution is -2.23. The van der Waals surface area contributed by atoms with Gasteiger partial charge in [0.05, 0.1) is 6.07 Å². The van der Waals surface area contributed by atoms with Gasteiger partial charge in [-0.1, -0.05) is 42.5 Å². The first kappa shape index (κ1) is 9.54. The minimum atomic E-state index is -0.538. The molecule has 0 fully saturated rings. The van der Waals surface area contributed by atoms with E-state index < -0.39 is 5.41 Å². The predicted octanol–water partition coefficient (Wildman–Crippen LogP) is 2.25. The number of hydrogen-bond donors (Lipinski definition) is 1. The summed E-state index contributed by atoms with van der Waals surface area (Å²) in [5.41, 5.74) is 6.87. The fourth-order valence-corrected chi connectivity index (χ4v) is 1.75.